The summed E-state index contributed by atoms with van der Waals surface area (Å²) in [6.45, 7) is 0. The second-order valence-corrected chi connectivity index (χ2v) is 7.04. The van der Waals surface area contributed by atoms with Crippen LogP contribution < -0.4 is 15.4 Å². The van der Waals surface area contributed by atoms with Gasteiger partial charge in [0.2, 0.25) is 0 Å². The highest BCUT2D eigenvalue weighted by Crippen LogP contribution is 2.26. The van der Waals surface area contributed by atoms with E-state index in [2.05, 4.69) is 10.6 Å². The lowest BCUT2D eigenvalue weighted by molar-refractivity contribution is -0.142. The zero-order valence-corrected chi connectivity index (χ0v) is 14.4. The van der Waals surface area contributed by atoms with E-state index in [1.54, 1.807) is 0 Å². The summed E-state index contributed by atoms with van der Waals surface area (Å²) in [5.41, 5.74) is 0.701. The summed E-state index contributed by atoms with van der Waals surface area (Å²) in [7, 11) is 0. The molecule has 2 amide bonds. The van der Waals surface area contributed by atoms with Gasteiger partial charge in [0.1, 0.15) is 5.75 Å². The molecule has 1 aromatic rings. The third-order valence-corrected chi connectivity index (χ3v) is 5.11. The predicted octanol–water partition coefficient (Wildman–Crippen LogP) is 3.77. The van der Waals surface area contributed by atoms with E-state index in [1.165, 1.54) is 12.8 Å². The van der Waals surface area contributed by atoms with E-state index in [1.807, 2.05) is 24.3 Å². The maximum Gasteiger partial charge on any atom is 0.319 e. The van der Waals surface area contributed by atoms with Crippen LogP contribution in [-0.4, -0.2) is 29.3 Å². The van der Waals surface area contributed by atoms with Crippen molar-refractivity contribution in [1.82, 2.24) is 5.32 Å². The maximum atomic E-state index is 12.2. The summed E-state index contributed by atoms with van der Waals surface area (Å²) in [4.78, 5) is 23.1. The quantitative estimate of drug-likeness (QED) is 0.757. The highest BCUT2D eigenvalue weighted by atomic mass is 16.5. The molecule has 2 aliphatic carbocycles. The number of rotatable bonds is 5. The van der Waals surface area contributed by atoms with Gasteiger partial charge in [0, 0.05) is 17.8 Å². The average molecular weight is 346 g/mol. The van der Waals surface area contributed by atoms with Crippen LogP contribution >= 0.6 is 0 Å². The van der Waals surface area contributed by atoms with Gasteiger partial charge in [-0.15, -0.1) is 0 Å². The first-order chi connectivity index (χ1) is 12.1. The Bertz CT molecular complexity index is 605. The Balaban J connectivity index is 1.47. The molecule has 0 heterocycles. The van der Waals surface area contributed by atoms with Crippen molar-refractivity contribution in [3.63, 3.8) is 0 Å². The molecule has 6 heteroatoms. The van der Waals surface area contributed by atoms with Gasteiger partial charge >= 0.3 is 12.0 Å². The molecular formula is C19H26N2O4. The molecule has 3 N–H and O–H groups in total. The highest BCUT2D eigenvalue weighted by Gasteiger charge is 2.26. The van der Waals surface area contributed by atoms with Crippen molar-refractivity contribution < 1.29 is 19.4 Å². The standard InChI is InChI=1S/C19H26N2O4/c22-18(23)13-8-10-14(11-9-13)20-19(24)21-15-4-3-7-17(12-15)25-16-5-1-2-6-16/h3-4,7,12-14,16H,1-2,5-6,8-11H2,(H,22,23)(H2,20,21,24). The van der Waals surface area contributed by atoms with E-state index < -0.39 is 5.97 Å². The second kappa shape index (κ2) is 8.23. The molecule has 2 fully saturated rings. The van der Waals surface area contributed by atoms with Crippen molar-refractivity contribution in [2.24, 2.45) is 5.92 Å². The minimum atomic E-state index is -0.734. The molecule has 0 spiro atoms. The lowest BCUT2D eigenvalue weighted by atomic mass is 9.86. The van der Waals surface area contributed by atoms with Crippen LogP contribution in [0.15, 0.2) is 24.3 Å². The van der Waals surface area contributed by atoms with Crippen LogP contribution in [0, 0.1) is 5.92 Å². The summed E-state index contributed by atoms with van der Waals surface area (Å²) in [5, 5.41) is 14.8. The van der Waals surface area contributed by atoms with Crippen molar-refractivity contribution in [2.75, 3.05) is 5.32 Å². The van der Waals surface area contributed by atoms with E-state index in [0.717, 1.165) is 18.6 Å². The van der Waals surface area contributed by atoms with Gasteiger partial charge in [-0.2, -0.15) is 0 Å². The third kappa shape index (κ3) is 5.11. The average Bonchev–Trinajstić information content (AvgIpc) is 3.08. The largest absolute Gasteiger partial charge is 0.490 e. The number of ether oxygens (including phenoxy) is 1. The third-order valence-electron chi connectivity index (χ3n) is 5.11. The highest BCUT2D eigenvalue weighted by molar-refractivity contribution is 5.89. The zero-order valence-electron chi connectivity index (χ0n) is 14.4. The first-order valence-electron chi connectivity index (χ1n) is 9.17. The fourth-order valence-electron chi connectivity index (χ4n) is 3.68. The number of carboxylic acid groups (broad SMARTS) is 1. The van der Waals surface area contributed by atoms with Crippen LogP contribution in [-0.2, 0) is 4.79 Å². The van der Waals surface area contributed by atoms with E-state index in [-0.39, 0.29) is 24.1 Å². The SMILES string of the molecule is O=C(Nc1cccc(OC2CCCC2)c1)NC1CCC(C(=O)O)CC1. The molecule has 2 aliphatic rings. The Morgan fingerprint density at radius 3 is 2.44 bits per heavy atom. The van der Waals surface area contributed by atoms with Crippen molar-refractivity contribution in [1.29, 1.82) is 0 Å². The number of carboxylic acids is 1. The Morgan fingerprint density at radius 1 is 1.04 bits per heavy atom. The summed E-state index contributed by atoms with van der Waals surface area (Å²) in [6.07, 6.45) is 7.55. The summed E-state index contributed by atoms with van der Waals surface area (Å²) >= 11 is 0. The smallest absolute Gasteiger partial charge is 0.319 e. The number of hydrogen-bond donors (Lipinski definition) is 3. The monoisotopic (exact) mass is 346 g/mol. The number of anilines is 1. The van der Waals surface area contributed by atoms with Crippen LogP contribution in [0.5, 0.6) is 5.75 Å². The van der Waals surface area contributed by atoms with E-state index in [0.29, 0.717) is 31.4 Å². The summed E-state index contributed by atoms with van der Waals surface area (Å²) in [5.74, 6) is -0.223. The van der Waals surface area contributed by atoms with Gasteiger partial charge in [0.25, 0.3) is 0 Å². The topological polar surface area (TPSA) is 87.7 Å². The molecule has 136 valence electrons. The Morgan fingerprint density at radius 2 is 1.76 bits per heavy atom. The number of amides is 2. The normalized spacial score (nSPS) is 23.8. The molecule has 1 aromatic carbocycles. The number of urea groups is 1. The van der Waals surface area contributed by atoms with Crippen LogP contribution in [0.2, 0.25) is 0 Å². The number of benzene rings is 1. The minimum Gasteiger partial charge on any atom is -0.490 e. The van der Waals surface area contributed by atoms with Crippen LogP contribution in [0.3, 0.4) is 0 Å². The van der Waals surface area contributed by atoms with E-state index >= 15 is 0 Å². The van der Waals surface area contributed by atoms with Gasteiger partial charge in [-0.1, -0.05) is 6.07 Å². The van der Waals surface area contributed by atoms with E-state index in [4.69, 9.17) is 9.84 Å². The van der Waals surface area contributed by atoms with Crippen molar-refractivity contribution >= 4 is 17.7 Å². The summed E-state index contributed by atoms with van der Waals surface area (Å²) < 4.78 is 5.95. The van der Waals surface area contributed by atoms with Gasteiger partial charge in [0.15, 0.2) is 0 Å². The predicted molar refractivity (Wildman–Crippen MR) is 94.9 cm³/mol. The molecule has 6 nitrogen and oxygen atoms in total. The molecule has 2 saturated carbocycles. The zero-order chi connectivity index (χ0) is 17.6. The van der Waals surface area contributed by atoms with E-state index in [9.17, 15) is 9.59 Å². The van der Waals surface area contributed by atoms with Crippen LogP contribution in [0.25, 0.3) is 0 Å². The van der Waals surface area contributed by atoms with Crippen molar-refractivity contribution in [2.45, 2.75) is 63.5 Å². The maximum absolute atomic E-state index is 12.2. The van der Waals surface area contributed by atoms with Crippen LogP contribution in [0.4, 0.5) is 10.5 Å². The molecular weight excluding hydrogens is 320 g/mol. The minimum absolute atomic E-state index is 0.0357. The first kappa shape index (κ1) is 17.6. The van der Waals surface area contributed by atoms with Gasteiger partial charge in [-0.25, -0.2) is 4.79 Å². The molecule has 0 bridgehead atoms. The first-order valence-corrected chi connectivity index (χ1v) is 9.17. The molecule has 0 radical (unpaired) electrons. The number of carbonyl (C=O) groups is 2. The number of aliphatic carboxylic acids is 1. The van der Waals surface area contributed by atoms with Gasteiger partial charge < -0.3 is 20.5 Å². The van der Waals surface area contributed by atoms with Crippen molar-refractivity contribution in [3.8, 4) is 5.75 Å². The fraction of sp³-hybridized carbons (Fsp3) is 0.579. The Kier molecular flexibility index (Phi) is 5.79. The Hall–Kier alpha value is -2.24. The second-order valence-electron chi connectivity index (χ2n) is 7.04. The lowest BCUT2D eigenvalue weighted by Gasteiger charge is -2.26. The molecule has 0 unspecified atom stereocenters. The van der Waals surface area contributed by atoms with Gasteiger partial charge in [0.05, 0.1) is 12.0 Å². The molecule has 0 saturated heterocycles. The molecule has 0 aliphatic heterocycles. The number of hydrogen-bond acceptors (Lipinski definition) is 3. The Labute approximate surface area is 147 Å². The lowest BCUT2D eigenvalue weighted by Crippen LogP contribution is -2.40. The molecule has 25 heavy (non-hydrogen) atoms. The summed E-state index contributed by atoms with van der Waals surface area (Å²) in [6, 6.07) is 7.25. The number of carbonyl (C=O) groups excluding carboxylic acids is 1. The van der Waals surface area contributed by atoms with Gasteiger partial charge in [-0.3, -0.25) is 4.79 Å². The number of nitrogens with one attached hydrogen (secondary N) is 2. The molecule has 3 rings (SSSR count). The van der Waals surface area contributed by atoms with Crippen LogP contribution in [0.1, 0.15) is 51.4 Å². The molecule has 0 atom stereocenters. The molecule has 0 aromatic heterocycles. The fourth-order valence-corrected chi connectivity index (χ4v) is 3.68. The van der Waals surface area contributed by atoms with Gasteiger partial charge in [-0.05, 0) is 63.5 Å². The van der Waals surface area contributed by atoms with Crippen molar-refractivity contribution in [3.05, 3.63) is 24.3 Å².